The first kappa shape index (κ1) is 18.3. The SMILES string of the molecule is CCCCNC(=O)c1ccc(NCC(=O)NCC2CCCO2)cc1. The van der Waals surface area contributed by atoms with Gasteiger partial charge in [0.25, 0.3) is 5.91 Å². The number of nitrogens with one attached hydrogen (secondary N) is 3. The average Bonchev–Trinajstić information content (AvgIpc) is 3.12. The summed E-state index contributed by atoms with van der Waals surface area (Å²) in [7, 11) is 0. The topological polar surface area (TPSA) is 79.5 Å². The summed E-state index contributed by atoms with van der Waals surface area (Å²) in [4.78, 5) is 23.7. The van der Waals surface area contributed by atoms with Crippen molar-refractivity contribution in [1.29, 1.82) is 0 Å². The summed E-state index contributed by atoms with van der Waals surface area (Å²) in [6, 6.07) is 7.13. The summed E-state index contributed by atoms with van der Waals surface area (Å²) in [5, 5.41) is 8.79. The van der Waals surface area contributed by atoms with Crippen molar-refractivity contribution in [2.75, 3.05) is 31.6 Å². The van der Waals surface area contributed by atoms with Gasteiger partial charge < -0.3 is 20.7 Å². The number of benzene rings is 1. The predicted octanol–water partition coefficient (Wildman–Crippen LogP) is 1.92. The summed E-state index contributed by atoms with van der Waals surface area (Å²) in [6.45, 7) is 4.34. The van der Waals surface area contributed by atoms with E-state index in [0.29, 0.717) is 18.7 Å². The van der Waals surface area contributed by atoms with E-state index in [9.17, 15) is 9.59 Å². The number of amides is 2. The van der Waals surface area contributed by atoms with Crippen LogP contribution in [0.25, 0.3) is 0 Å². The van der Waals surface area contributed by atoms with E-state index >= 15 is 0 Å². The first-order valence-corrected chi connectivity index (χ1v) is 8.69. The van der Waals surface area contributed by atoms with E-state index in [2.05, 4.69) is 22.9 Å². The number of carbonyl (C=O) groups excluding carboxylic acids is 2. The number of rotatable bonds is 9. The number of hydrogen-bond acceptors (Lipinski definition) is 4. The van der Waals surface area contributed by atoms with Crippen molar-refractivity contribution < 1.29 is 14.3 Å². The van der Waals surface area contributed by atoms with Gasteiger partial charge in [-0.25, -0.2) is 0 Å². The minimum Gasteiger partial charge on any atom is -0.376 e. The van der Waals surface area contributed by atoms with E-state index in [4.69, 9.17) is 4.74 Å². The zero-order valence-electron chi connectivity index (χ0n) is 14.3. The van der Waals surface area contributed by atoms with Crippen LogP contribution in [0.3, 0.4) is 0 Å². The third kappa shape index (κ3) is 6.20. The third-order valence-electron chi connectivity index (χ3n) is 3.97. The fourth-order valence-corrected chi connectivity index (χ4v) is 2.50. The highest BCUT2D eigenvalue weighted by atomic mass is 16.5. The van der Waals surface area contributed by atoms with Gasteiger partial charge in [0.1, 0.15) is 0 Å². The highest BCUT2D eigenvalue weighted by Crippen LogP contribution is 2.11. The molecule has 1 aromatic rings. The van der Waals surface area contributed by atoms with E-state index in [-0.39, 0.29) is 24.5 Å². The minimum atomic E-state index is -0.0655. The second kappa shape index (κ2) is 9.93. The first-order valence-electron chi connectivity index (χ1n) is 8.69. The van der Waals surface area contributed by atoms with E-state index in [1.165, 1.54) is 0 Å². The smallest absolute Gasteiger partial charge is 0.251 e. The van der Waals surface area contributed by atoms with Gasteiger partial charge in [0.2, 0.25) is 5.91 Å². The Hall–Kier alpha value is -2.08. The summed E-state index contributed by atoms with van der Waals surface area (Å²) in [5.41, 5.74) is 1.44. The molecule has 0 radical (unpaired) electrons. The molecule has 3 N–H and O–H groups in total. The summed E-state index contributed by atoms with van der Waals surface area (Å²) in [6.07, 6.45) is 4.26. The fourth-order valence-electron chi connectivity index (χ4n) is 2.50. The second-order valence-electron chi connectivity index (χ2n) is 5.98. The van der Waals surface area contributed by atoms with Crippen molar-refractivity contribution >= 4 is 17.5 Å². The molecule has 1 fully saturated rings. The van der Waals surface area contributed by atoms with Gasteiger partial charge in [-0.3, -0.25) is 9.59 Å². The van der Waals surface area contributed by atoms with Gasteiger partial charge in [0.15, 0.2) is 0 Å². The zero-order valence-corrected chi connectivity index (χ0v) is 14.3. The van der Waals surface area contributed by atoms with E-state index in [1.807, 2.05) is 12.1 Å². The van der Waals surface area contributed by atoms with Crippen molar-refractivity contribution in [1.82, 2.24) is 10.6 Å². The summed E-state index contributed by atoms with van der Waals surface area (Å²) < 4.78 is 5.46. The highest BCUT2D eigenvalue weighted by Gasteiger charge is 2.15. The molecule has 6 heteroatoms. The quantitative estimate of drug-likeness (QED) is 0.603. The van der Waals surface area contributed by atoms with Crippen LogP contribution >= 0.6 is 0 Å². The largest absolute Gasteiger partial charge is 0.376 e. The van der Waals surface area contributed by atoms with Crippen molar-refractivity contribution in [2.24, 2.45) is 0 Å². The molecule has 6 nitrogen and oxygen atoms in total. The molecule has 24 heavy (non-hydrogen) atoms. The number of anilines is 1. The Balaban J connectivity index is 1.68. The lowest BCUT2D eigenvalue weighted by Crippen LogP contribution is -2.35. The molecular formula is C18H27N3O3. The molecule has 2 rings (SSSR count). The fraction of sp³-hybridized carbons (Fsp3) is 0.556. The number of hydrogen-bond donors (Lipinski definition) is 3. The lowest BCUT2D eigenvalue weighted by Gasteiger charge is -2.12. The van der Waals surface area contributed by atoms with Crippen LogP contribution in [0.2, 0.25) is 0 Å². The Labute approximate surface area is 143 Å². The van der Waals surface area contributed by atoms with Crippen LogP contribution < -0.4 is 16.0 Å². The summed E-state index contributed by atoms with van der Waals surface area (Å²) >= 11 is 0. The number of unbranched alkanes of at least 4 members (excludes halogenated alkanes) is 1. The van der Waals surface area contributed by atoms with Gasteiger partial charge in [-0.1, -0.05) is 13.3 Å². The molecular weight excluding hydrogens is 306 g/mol. The molecule has 2 amide bonds. The van der Waals surface area contributed by atoms with Crippen LogP contribution in [-0.4, -0.2) is 44.2 Å². The molecule has 0 aromatic heterocycles. The maximum atomic E-state index is 11.9. The molecule has 1 aliphatic rings. The van der Waals surface area contributed by atoms with Crippen LogP contribution in [-0.2, 0) is 9.53 Å². The number of carbonyl (C=O) groups is 2. The van der Waals surface area contributed by atoms with E-state index < -0.39 is 0 Å². The highest BCUT2D eigenvalue weighted by molar-refractivity contribution is 5.94. The van der Waals surface area contributed by atoms with Crippen molar-refractivity contribution in [3.05, 3.63) is 29.8 Å². The molecule has 0 spiro atoms. The minimum absolute atomic E-state index is 0.0631. The number of ether oxygens (including phenoxy) is 1. The molecule has 1 aliphatic heterocycles. The van der Waals surface area contributed by atoms with Crippen molar-refractivity contribution in [3.63, 3.8) is 0 Å². The van der Waals surface area contributed by atoms with E-state index in [1.54, 1.807) is 12.1 Å². The Morgan fingerprint density at radius 3 is 2.67 bits per heavy atom. The lowest BCUT2D eigenvalue weighted by molar-refractivity contribution is -0.119. The van der Waals surface area contributed by atoms with Gasteiger partial charge in [-0.2, -0.15) is 0 Å². The van der Waals surface area contributed by atoms with Gasteiger partial charge in [-0.15, -0.1) is 0 Å². The Kier molecular flexibility index (Phi) is 7.55. The predicted molar refractivity (Wildman–Crippen MR) is 94.2 cm³/mol. The average molecular weight is 333 g/mol. The summed E-state index contributed by atoms with van der Waals surface area (Å²) in [5.74, 6) is -0.129. The van der Waals surface area contributed by atoms with Crippen LogP contribution in [0, 0.1) is 0 Å². The second-order valence-corrected chi connectivity index (χ2v) is 5.98. The Morgan fingerprint density at radius 1 is 1.21 bits per heavy atom. The van der Waals surface area contributed by atoms with Gasteiger partial charge >= 0.3 is 0 Å². The Morgan fingerprint density at radius 2 is 2.00 bits per heavy atom. The monoisotopic (exact) mass is 333 g/mol. The van der Waals surface area contributed by atoms with Crippen molar-refractivity contribution in [3.8, 4) is 0 Å². The molecule has 1 unspecified atom stereocenters. The maximum absolute atomic E-state index is 11.9. The maximum Gasteiger partial charge on any atom is 0.251 e. The van der Waals surface area contributed by atoms with Crippen LogP contribution in [0.1, 0.15) is 43.0 Å². The molecule has 0 aliphatic carbocycles. The third-order valence-corrected chi connectivity index (χ3v) is 3.97. The standard InChI is InChI=1S/C18H27N3O3/c1-2-3-10-19-18(23)14-6-8-15(9-7-14)20-13-17(22)21-12-16-5-4-11-24-16/h6-9,16,20H,2-5,10-13H2,1H3,(H,19,23)(H,21,22). The molecule has 0 bridgehead atoms. The van der Waals surface area contributed by atoms with Gasteiger partial charge in [0.05, 0.1) is 12.6 Å². The van der Waals surface area contributed by atoms with Crippen LogP contribution in [0.5, 0.6) is 0 Å². The van der Waals surface area contributed by atoms with Gasteiger partial charge in [-0.05, 0) is 43.5 Å². The lowest BCUT2D eigenvalue weighted by atomic mass is 10.2. The normalized spacial score (nSPS) is 16.6. The van der Waals surface area contributed by atoms with E-state index in [0.717, 1.165) is 38.0 Å². The van der Waals surface area contributed by atoms with Crippen LogP contribution in [0.15, 0.2) is 24.3 Å². The molecule has 132 valence electrons. The molecule has 1 aromatic carbocycles. The zero-order chi connectivity index (χ0) is 17.2. The molecule has 1 saturated heterocycles. The molecule has 1 atom stereocenters. The Bertz CT molecular complexity index is 525. The first-order chi connectivity index (χ1) is 11.7. The van der Waals surface area contributed by atoms with Crippen LogP contribution in [0.4, 0.5) is 5.69 Å². The molecule has 0 saturated carbocycles. The van der Waals surface area contributed by atoms with Crippen molar-refractivity contribution in [2.45, 2.75) is 38.7 Å². The van der Waals surface area contributed by atoms with Gasteiger partial charge in [0, 0.05) is 30.9 Å². The molecule has 1 heterocycles.